The maximum Gasteiger partial charge on any atom is 0.234 e. The van der Waals surface area contributed by atoms with E-state index in [0.717, 1.165) is 26.1 Å². The van der Waals surface area contributed by atoms with Crippen LogP contribution in [0.5, 0.6) is 0 Å². The maximum atomic E-state index is 11.7. The third-order valence-corrected chi connectivity index (χ3v) is 2.63. The summed E-state index contributed by atoms with van der Waals surface area (Å²) in [5, 5.41) is 2.89. The minimum atomic E-state index is 0. The number of amides is 1. The molecule has 4 nitrogen and oxygen atoms in total. The number of nitrogens with one attached hydrogen (secondary N) is 1. The van der Waals surface area contributed by atoms with Crippen LogP contribution in [0.1, 0.15) is 18.9 Å². The molecule has 5 heteroatoms. The van der Waals surface area contributed by atoms with Crippen molar-refractivity contribution in [3.8, 4) is 0 Å². The van der Waals surface area contributed by atoms with Gasteiger partial charge < -0.3 is 11.1 Å². The van der Waals surface area contributed by atoms with Crippen LogP contribution < -0.4 is 11.1 Å². The average Bonchev–Trinajstić information content (AvgIpc) is 2.38. The molecule has 1 amide bonds. The van der Waals surface area contributed by atoms with Gasteiger partial charge in [0.2, 0.25) is 5.91 Å². The highest BCUT2D eigenvalue weighted by Crippen LogP contribution is 2.03. The van der Waals surface area contributed by atoms with E-state index < -0.39 is 0 Å². The van der Waals surface area contributed by atoms with E-state index in [1.54, 1.807) is 0 Å². The summed E-state index contributed by atoms with van der Waals surface area (Å²) >= 11 is 0. The topological polar surface area (TPSA) is 58.4 Å². The van der Waals surface area contributed by atoms with Crippen molar-refractivity contribution in [3.05, 3.63) is 35.9 Å². The Morgan fingerprint density at radius 1 is 1.32 bits per heavy atom. The van der Waals surface area contributed by atoms with E-state index >= 15 is 0 Å². The van der Waals surface area contributed by atoms with Gasteiger partial charge in [-0.15, -0.1) is 12.4 Å². The largest absolute Gasteiger partial charge is 0.355 e. The molecular weight excluding hydrogens is 262 g/mol. The Bertz CT molecular complexity index is 346. The van der Waals surface area contributed by atoms with Crippen molar-refractivity contribution in [2.24, 2.45) is 5.73 Å². The predicted octanol–water partition coefficient (Wildman–Crippen LogP) is 1.40. The fourth-order valence-electron chi connectivity index (χ4n) is 1.76. The molecule has 0 heterocycles. The van der Waals surface area contributed by atoms with E-state index in [2.05, 4.69) is 22.3 Å². The lowest BCUT2D eigenvalue weighted by molar-refractivity contribution is -0.122. The minimum Gasteiger partial charge on any atom is -0.355 e. The molecule has 0 saturated carbocycles. The predicted molar refractivity (Wildman–Crippen MR) is 81.3 cm³/mol. The lowest BCUT2D eigenvalue weighted by atomic mass is 10.2. The molecular formula is C14H24ClN3O. The van der Waals surface area contributed by atoms with Gasteiger partial charge in [-0.05, 0) is 12.0 Å². The summed E-state index contributed by atoms with van der Waals surface area (Å²) in [5.41, 5.74) is 6.79. The standard InChI is InChI=1S/C14H23N3O.ClH/c1-2-9-16-14(18)12-17(10-8-15)11-13-6-4-3-5-7-13;/h3-7H,2,8-12,15H2,1H3,(H,16,18);1H. The molecule has 108 valence electrons. The molecule has 0 aliphatic heterocycles. The first-order valence-electron chi connectivity index (χ1n) is 6.49. The zero-order valence-electron chi connectivity index (χ0n) is 11.5. The number of hydrogen-bond acceptors (Lipinski definition) is 3. The highest BCUT2D eigenvalue weighted by atomic mass is 35.5. The summed E-state index contributed by atoms with van der Waals surface area (Å²) in [7, 11) is 0. The number of halogens is 1. The van der Waals surface area contributed by atoms with Gasteiger partial charge in [-0.3, -0.25) is 9.69 Å². The summed E-state index contributed by atoms with van der Waals surface area (Å²) in [6, 6.07) is 10.1. The monoisotopic (exact) mass is 285 g/mol. The Morgan fingerprint density at radius 2 is 2.00 bits per heavy atom. The van der Waals surface area contributed by atoms with Gasteiger partial charge in [0.15, 0.2) is 0 Å². The Hall–Kier alpha value is -1.10. The fourth-order valence-corrected chi connectivity index (χ4v) is 1.76. The minimum absolute atomic E-state index is 0. The molecule has 0 bridgehead atoms. The van der Waals surface area contributed by atoms with E-state index in [-0.39, 0.29) is 18.3 Å². The van der Waals surface area contributed by atoms with Crippen molar-refractivity contribution in [1.82, 2.24) is 10.2 Å². The molecule has 1 aromatic carbocycles. The molecule has 19 heavy (non-hydrogen) atoms. The third kappa shape index (κ3) is 7.82. The van der Waals surface area contributed by atoms with Crippen molar-refractivity contribution in [3.63, 3.8) is 0 Å². The van der Waals surface area contributed by atoms with Crippen LogP contribution in [-0.2, 0) is 11.3 Å². The van der Waals surface area contributed by atoms with Gasteiger partial charge in [-0.1, -0.05) is 37.3 Å². The second kappa shape index (κ2) is 10.8. The van der Waals surface area contributed by atoms with E-state index in [4.69, 9.17) is 5.73 Å². The molecule has 1 aromatic rings. The number of benzene rings is 1. The van der Waals surface area contributed by atoms with Gasteiger partial charge in [0.05, 0.1) is 6.54 Å². The lowest BCUT2D eigenvalue weighted by Crippen LogP contribution is -2.39. The van der Waals surface area contributed by atoms with Crippen LogP contribution in [0.15, 0.2) is 30.3 Å². The van der Waals surface area contributed by atoms with E-state index in [9.17, 15) is 4.79 Å². The van der Waals surface area contributed by atoms with E-state index in [1.165, 1.54) is 5.56 Å². The lowest BCUT2D eigenvalue weighted by Gasteiger charge is -2.21. The third-order valence-electron chi connectivity index (χ3n) is 2.63. The zero-order chi connectivity index (χ0) is 13.2. The molecule has 0 aliphatic carbocycles. The summed E-state index contributed by atoms with van der Waals surface area (Å²) < 4.78 is 0. The highest BCUT2D eigenvalue weighted by Gasteiger charge is 2.09. The number of nitrogens with two attached hydrogens (primary N) is 1. The first kappa shape index (κ1) is 17.9. The smallest absolute Gasteiger partial charge is 0.234 e. The second-order valence-corrected chi connectivity index (χ2v) is 4.33. The molecule has 1 rings (SSSR count). The normalized spacial score (nSPS) is 10.1. The van der Waals surface area contributed by atoms with Crippen LogP contribution in [0, 0.1) is 0 Å². The van der Waals surface area contributed by atoms with Gasteiger partial charge in [0.1, 0.15) is 0 Å². The van der Waals surface area contributed by atoms with Crippen LogP contribution in [0.3, 0.4) is 0 Å². The molecule has 0 radical (unpaired) electrons. The van der Waals surface area contributed by atoms with Crippen LogP contribution in [0.4, 0.5) is 0 Å². The van der Waals surface area contributed by atoms with Gasteiger partial charge in [-0.25, -0.2) is 0 Å². The number of hydrogen-bond donors (Lipinski definition) is 2. The summed E-state index contributed by atoms with van der Waals surface area (Å²) in [4.78, 5) is 13.8. The van der Waals surface area contributed by atoms with Crippen LogP contribution >= 0.6 is 12.4 Å². The van der Waals surface area contributed by atoms with Crippen LogP contribution in [-0.4, -0.2) is 37.0 Å². The van der Waals surface area contributed by atoms with Crippen LogP contribution in [0.2, 0.25) is 0 Å². The quantitative estimate of drug-likeness (QED) is 0.759. The van der Waals surface area contributed by atoms with Crippen molar-refractivity contribution in [2.75, 3.05) is 26.2 Å². The van der Waals surface area contributed by atoms with Crippen molar-refractivity contribution < 1.29 is 4.79 Å². The molecule has 0 saturated heterocycles. The second-order valence-electron chi connectivity index (χ2n) is 4.33. The molecule has 0 fully saturated rings. The molecule has 0 atom stereocenters. The molecule has 0 aromatic heterocycles. The maximum absolute atomic E-state index is 11.7. The number of nitrogens with zero attached hydrogens (tertiary/aromatic N) is 1. The zero-order valence-corrected chi connectivity index (χ0v) is 12.3. The summed E-state index contributed by atoms with van der Waals surface area (Å²) in [5.74, 6) is 0.0706. The van der Waals surface area contributed by atoms with Gasteiger partial charge in [-0.2, -0.15) is 0 Å². The number of rotatable bonds is 8. The Labute approximate surface area is 121 Å². The molecule has 3 N–H and O–H groups in total. The Kier molecular flexibility index (Phi) is 10.2. The van der Waals surface area contributed by atoms with E-state index in [0.29, 0.717) is 13.1 Å². The van der Waals surface area contributed by atoms with Crippen LogP contribution in [0.25, 0.3) is 0 Å². The first-order chi connectivity index (χ1) is 8.76. The summed E-state index contributed by atoms with van der Waals surface area (Å²) in [6.45, 7) is 5.24. The Morgan fingerprint density at radius 3 is 2.58 bits per heavy atom. The van der Waals surface area contributed by atoms with Crippen molar-refractivity contribution >= 4 is 18.3 Å². The fraction of sp³-hybridized carbons (Fsp3) is 0.500. The average molecular weight is 286 g/mol. The van der Waals surface area contributed by atoms with Crippen molar-refractivity contribution in [1.29, 1.82) is 0 Å². The summed E-state index contributed by atoms with van der Waals surface area (Å²) in [6.07, 6.45) is 0.960. The van der Waals surface area contributed by atoms with Gasteiger partial charge in [0, 0.05) is 26.2 Å². The Balaban J connectivity index is 0.00000324. The molecule has 0 spiro atoms. The first-order valence-corrected chi connectivity index (χ1v) is 6.49. The molecule has 0 unspecified atom stereocenters. The van der Waals surface area contributed by atoms with Gasteiger partial charge in [0.25, 0.3) is 0 Å². The molecule has 0 aliphatic rings. The van der Waals surface area contributed by atoms with Gasteiger partial charge >= 0.3 is 0 Å². The number of carbonyl (C=O) groups excluding carboxylic acids is 1. The van der Waals surface area contributed by atoms with E-state index in [1.807, 2.05) is 25.1 Å². The number of carbonyl (C=O) groups is 1. The van der Waals surface area contributed by atoms with Crippen molar-refractivity contribution in [2.45, 2.75) is 19.9 Å². The SMILES string of the molecule is CCCNC(=O)CN(CCN)Cc1ccccc1.Cl. The highest BCUT2D eigenvalue weighted by molar-refractivity contribution is 5.85.